The monoisotopic (exact) mass is 405 g/mol. The van der Waals surface area contributed by atoms with Crippen molar-refractivity contribution in [1.29, 1.82) is 0 Å². The van der Waals surface area contributed by atoms with Gasteiger partial charge in [-0.1, -0.05) is 0 Å². The Kier molecular flexibility index (Phi) is 4.16. The Morgan fingerprint density at radius 1 is 1.20 bits per heavy atom. The minimum absolute atomic E-state index is 0.0300. The molecule has 0 spiro atoms. The maximum atomic E-state index is 11.1. The Morgan fingerprint density at radius 3 is 2.60 bits per heavy atom. The van der Waals surface area contributed by atoms with Crippen LogP contribution in [0.2, 0.25) is 0 Å². The van der Waals surface area contributed by atoms with Crippen molar-refractivity contribution < 1.29 is 14.4 Å². The average molecular weight is 405 g/mol. The number of anilines is 1. The molecule has 1 unspecified atom stereocenters. The lowest BCUT2D eigenvalue weighted by Crippen LogP contribution is -2.29. The second-order valence-corrected chi connectivity index (χ2v) is 7.36. The van der Waals surface area contributed by atoms with Crippen molar-refractivity contribution in [2.75, 3.05) is 11.8 Å². The lowest BCUT2D eigenvalue weighted by molar-refractivity contribution is -0.384. The van der Waals surface area contributed by atoms with Crippen LogP contribution in [0, 0.1) is 17.0 Å². The fourth-order valence-electron chi connectivity index (χ4n) is 3.79. The zero-order valence-electron chi connectivity index (χ0n) is 16.5. The molecule has 2 aromatic carbocycles. The van der Waals surface area contributed by atoms with E-state index in [0.717, 1.165) is 28.9 Å². The summed E-state index contributed by atoms with van der Waals surface area (Å²) >= 11 is 0. The number of aromatic amines is 1. The van der Waals surface area contributed by atoms with Gasteiger partial charge in [-0.15, -0.1) is 0 Å². The lowest BCUT2D eigenvalue weighted by Gasteiger charge is -2.22. The topological polar surface area (TPSA) is 106 Å². The molecule has 1 N–H and O–H groups in total. The first-order valence-electron chi connectivity index (χ1n) is 9.57. The van der Waals surface area contributed by atoms with Crippen LogP contribution >= 0.6 is 0 Å². The van der Waals surface area contributed by atoms with E-state index in [1.54, 1.807) is 12.1 Å². The second-order valence-electron chi connectivity index (χ2n) is 7.36. The van der Waals surface area contributed by atoms with Crippen LogP contribution in [0.25, 0.3) is 0 Å². The average Bonchev–Trinajstić information content (AvgIpc) is 3.33. The number of fused-ring (bicyclic) bond motifs is 2. The Hall–Kier alpha value is -3.88. The van der Waals surface area contributed by atoms with E-state index in [0.29, 0.717) is 23.0 Å². The van der Waals surface area contributed by atoms with Gasteiger partial charge in [0.25, 0.3) is 5.69 Å². The van der Waals surface area contributed by atoms with Gasteiger partial charge in [0.2, 0.25) is 6.79 Å². The third-order valence-corrected chi connectivity index (χ3v) is 5.27. The molecule has 9 nitrogen and oxygen atoms in total. The number of hydrogen-bond acceptors (Lipinski definition) is 7. The molecular weight excluding hydrogens is 386 g/mol. The largest absolute Gasteiger partial charge is 0.454 e. The van der Waals surface area contributed by atoms with Gasteiger partial charge in [0.15, 0.2) is 17.3 Å². The summed E-state index contributed by atoms with van der Waals surface area (Å²) in [5.41, 5.74) is 3.48. The van der Waals surface area contributed by atoms with Gasteiger partial charge in [-0.2, -0.15) is 5.10 Å². The highest BCUT2D eigenvalue weighted by atomic mass is 16.7. The van der Waals surface area contributed by atoms with Crippen molar-refractivity contribution in [3.05, 3.63) is 75.2 Å². The van der Waals surface area contributed by atoms with E-state index in [2.05, 4.69) is 16.9 Å². The van der Waals surface area contributed by atoms with Crippen LogP contribution < -0.4 is 14.5 Å². The summed E-state index contributed by atoms with van der Waals surface area (Å²) in [6.45, 7) is 4.16. The Balaban J connectivity index is 1.68. The number of nitro benzene ring substituents is 1. The number of ether oxygens (including phenoxy) is 2. The van der Waals surface area contributed by atoms with Crippen LogP contribution in [-0.2, 0) is 6.42 Å². The molecule has 0 saturated heterocycles. The van der Waals surface area contributed by atoms with Gasteiger partial charge >= 0.3 is 0 Å². The smallest absolute Gasteiger partial charge is 0.269 e. The molecule has 152 valence electrons. The molecule has 0 radical (unpaired) electrons. The van der Waals surface area contributed by atoms with Crippen LogP contribution in [0.4, 0.5) is 11.5 Å². The Morgan fingerprint density at radius 2 is 1.93 bits per heavy atom. The maximum Gasteiger partial charge on any atom is 0.269 e. The normalized spacial score (nSPS) is 17.3. The number of nitrogens with one attached hydrogen (secondary N) is 1. The molecule has 0 saturated carbocycles. The molecule has 3 heterocycles. The molecule has 2 aliphatic heterocycles. The number of nitrogens with zero attached hydrogens (tertiary/aromatic N) is 4. The molecule has 0 fully saturated rings. The minimum Gasteiger partial charge on any atom is -0.454 e. The van der Waals surface area contributed by atoms with Crippen molar-refractivity contribution >= 4 is 17.2 Å². The summed E-state index contributed by atoms with van der Waals surface area (Å²) in [5.74, 6) is 2.90. The van der Waals surface area contributed by atoms with E-state index < -0.39 is 4.92 Å². The molecule has 5 rings (SSSR count). The van der Waals surface area contributed by atoms with Crippen LogP contribution in [0.1, 0.15) is 29.4 Å². The van der Waals surface area contributed by atoms with Crippen molar-refractivity contribution in [3.8, 4) is 11.5 Å². The van der Waals surface area contributed by atoms with Gasteiger partial charge in [0, 0.05) is 29.5 Å². The van der Waals surface area contributed by atoms with Crippen molar-refractivity contribution in [2.24, 2.45) is 5.10 Å². The fraction of sp³-hybridized carbons (Fsp3) is 0.238. The summed E-state index contributed by atoms with van der Waals surface area (Å²) < 4.78 is 11.2. The number of hydrazone groups is 1. The van der Waals surface area contributed by atoms with Crippen LogP contribution in [0.15, 0.2) is 47.7 Å². The SMILES string of the molecule is Cc1nc(N2N=C(c3ccc([N+](=O)[O-])cc3)c3cc4c(cc3CC2C)OCO4)c[nH]1. The maximum absolute atomic E-state index is 11.1. The van der Waals surface area contributed by atoms with Gasteiger partial charge < -0.3 is 14.5 Å². The number of nitro groups is 1. The Labute approximate surface area is 172 Å². The van der Waals surface area contributed by atoms with Gasteiger partial charge in [-0.3, -0.25) is 10.1 Å². The highest BCUT2D eigenvalue weighted by Crippen LogP contribution is 2.38. The van der Waals surface area contributed by atoms with E-state index in [1.165, 1.54) is 12.1 Å². The van der Waals surface area contributed by atoms with Gasteiger partial charge in [0.05, 0.1) is 16.7 Å². The van der Waals surface area contributed by atoms with Gasteiger partial charge in [-0.25, -0.2) is 9.99 Å². The first kappa shape index (κ1) is 18.2. The zero-order chi connectivity index (χ0) is 20.8. The number of hydrogen-bond donors (Lipinski definition) is 1. The lowest BCUT2D eigenvalue weighted by atomic mass is 9.94. The molecule has 0 amide bonds. The van der Waals surface area contributed by atoms with Crippen molar-refractivity contribution in [3.63, 3.8) is 0 Å². The number of benzene rings is 2. The predicted molar refractivity (Wildman–Crippen MR) is 110 cm³/mol. The van der Waals surface area contributed by atoms with Crippen LogP contribution in [-0.4, -0.2) is 33.4 Å². The summed E-state index contributed by atoms with van der Waals surface area (Å²) in [5, 5.41) is 17.9. The highest BCUT2D eigenvalue weighted by Gasteiger charge is 2.28. The highest BCUT2D eigenvalue weighted by molar-refractivity contribution is 6.14. The molecule has 30 heavy (non-hydrogen) atoms. The number of aryl methyl sites for hydroxylation is 1. The number of aromatic nitrogens is 2. The first-order chi connectivity index (χ1) is 14.5. The molecule has 1 aromatic heterocycles. The Bertz CT molecular complexity index is 1170. The van der Waals surface area contributed by atoms with Gasteiger partial charge in [-0.05, 0) is 50.1 Å². The van der Waals surface area contributed by atoms with E-state index in [-0.39, 0.29) is 18.5 Å². The summed E-state index contributed by atoms with van der Waals surface area (Å²) in [6.07, 6.45) is 2.54. The number of H-pyrrole nitrogens is 1. The van der Waals surface area contributed by atoms with Crippen molar-refractivity contribution in [1.82, 2.24) is 9.97 Å². The molecular formula is C21H19N5O4. The first-order valence-corrected chi connectivity index (χ1v) is 9.57. The van der Waals surface area contributed by atoms with Crippen LogP contribution in [0.5, 0.6) is 11.5 Å². The van der Waals surface area contributed by atoms with Crippen LogP contribution in [0.3, 0.4) is 0 Å². The third kappa shape index (κ3) is 3.04. The molecule has 0 aliphatic carbocycles. The predicted octanol–water partition coefficient (Wildman–Crippen LogP) is 3.56. The van der Waals surface area contributed by atoms with Crippen molar-refractivity contribution in [2.45, 2.75) is 26.3 Å². The number of non-ortho nitro benzene ring substituents is 1. The molecule has 1 atom stereocenters. The van der Waals surface area contributed by atoms with E-state index in [9.17, 15) is 10.1 Å². The van der Waals surface area contributed by atoms with E-state index in [4.69, 9.17) is 14.6 Å². The molecule has 3 aromatic rings. The minimum atomic E-state index is -0.411. The summed E-state index contributed by atoms with van der Waals surface area (Å²) in [6, 6.07) is 10.4. The third-order valence-electron chi connectivity index (χ3n) is 5.27. The summed E-state index contributed by atoms with van der Waals surface area (Å²) in [7, 11) is 0. The quantitative estimate of drug-likeness (QED) is 0.528. The zero-order valence-corrected chi connectivity index (χ0v) is 16.5. The summed E-state index contributed by atoms with van der Waals surface area (Å²) in [4.78, 5) is 18.3. The second kappa shape index (κ2) is 6.87. The standard InChI is InChI=1S/C21H19N5O4/c1-12-7-15-8-18-19(30-11-29-18)9-17(15)21(14-3-5-16(6-4-14)26(27)28)24-25(12)20-10-22-13(2)23-20/h3-6,8-10,12H,7,11H2,1-2H3,(H,22,23). The molecule has 9 heteroatoms. The molecule has 2 aliphatic rings. The number of imidazole rings is 1. The number of rotatable bonds is 3. The fourth-order valence-corrected chi connectivity index (χ4v) is 3.79. The van der Waals surface area contributed by atoms with Gasteiger partial charge in [0.1, 0.15) is 5.82 Å². The van der Waals surface area contributed by atoms with E-state index in [1.807, 2.05) is 30.3 Å². The van der Waals surface area contributed by atoms with E-state index >= 15 is 0 Å². The molecule has 0 bridgehead atoms.